The van der Waals surface area contributed by atoms with Crippen molar-refractivity contribution in [2.24, 2.45) is 0 Å². The number of aliphatic hydroxyl groups is 1. The molecule has 2 heteroatoms. The number of carbonyl (C=O) groups excluding carboxylic acids is 1. The Bertz CT molecular complexity index is 412. The van der Waals surface area contributed by atoms with Gasteiger partial charge >= 0.3 is 0 Å². The molecule has 0 amide bonds. The number of hydrogen-bond acceptors (Lipinski definition) is 2. The summed E-state index contributed by atoms with van der Waals surface area (Å²) < 4.78 is 0. The molecule has 0 bridgehead atoms. The molecule has 114 valence electrons. The normalized spacial score (nSPS) is 9.60. The van der Waals surface area contributed by atoms with Crippen LogP contribution < -0.4 is 0 Å². The molecule has 1 aromatic rings. The fourth-order valence-electron chi connectivity index (χ4n) is 1.58. The Morgan fingerprint density at radius 3 is 2.05 bits per heavy atom. The van der Waals surface area contributed by atoms with Crippen LogP contribution in [-0.2, 0) is 16.8 Å². The van der Waals surface area contributed by atoms with E-state index in [0.717, 1.165) is 5.56 Å². The van der Waals surface area contributed by atoms with Crippen molar-refractivity contribution in [1.82, 2.24) is 0 Å². The van der Waals surface area contributed by atoms with Crippen LogP contribution in [0.3, 0.4) is 0 Å². The summed E-state index contributed by atoms with van der Waals surface area (Å²) in [6, 6.07) is 6.27. The van der Waals surface area contributed by atoms with E-state index >= 15 is 0 Å². The fraction of sp³-hybridized carbons (Fsp3) is 0.500. The third kappa shape index (κ3) is 8.65. The van der Waals surface area contributed by atoms with E-state index in [1.54, 1.807) is 0 Å². The molecule has 0 atom stereocenters. The Morgan fingerprint density at radius 1 is 1.30 bits per heavy atom. The molecule has 2 nitrogen and oxygen atoms in total. The van der Waals surface area contributed by atoms with Crippen LogP contribution in [0.15, 0.2) is 30.9 Å². The molecule has 0 heterocycles. The molecule has 1 N–H and O–H groups in total. The second-order valence-electron chi connectivity index (χ2n) is 5.38. The first-order valence-corrected chi connectivity index (χ1v) is 7.06. The highest BCUT2D eigenvalue weighted by Crippen LogP contribution is 2.26. The van der Waals surface area contributed by atoms with Gasteiger partial charge in [0.05, 0.1) is 6.61 Å². The number of aliphatic hydroxyl groups excluding tert-OH is 1. The smallest absolute Gasteiger partial charge is 0.152 e. The fourth-order valence-corrected chi connectivity index (χ4v) is 1.58. The molecule has 20 heavy (non-hydrogen) atoms. The number of benzene rings is 1. The molecular weight excluding hydrogens is 248 g/mol. The molecule has 0 aliphatic rings. The van der Waals surface area contributed by atoms with Crippen LogP contribution in [-0.4, -0.2) is 10.9 Å². The van der Waals surface area contributed by atoms with Gasteiger partial charge in [0.2, 0.25) is 0 Å². The summed E-state index contributed by atoms with van der Waals surface area (Å²) in [6.45, 7) is 17.3. The van der Waals surface area contributed by atoms with Crippen LogP contribution in [0.25, 0.3) is 0 Å². The van der Waals surface area contributed by atoms with Gasteiger partial charge in [-0.3, -0.25) is 4.79 Å². The predicted molar refractivity (Wildman–Crippen MR) is 88.0 cm³/mol. The molecule has 0 fully saturated rings. The van der Waals surface area contributed by atoms with Gasteiger partial charge in [0.1, 0.15) is 0 Å². The number of rotatable bonds is 2. The van der Waals surface area contributed by atoms with Gasteiger partial charge in [0.15, 0.2) is 5.78 Å². The molecule has 0 saturated heterocycles. The van der Waals surface area contributed by atoms with Crippen molar-refractivity contribution in [1.29, 1.82) is 0 Å². The first-order valence-electron chi connectivity index (χ1n) is 7.06. The van der Waals surface area contributed by atoms with Gasteiger partial charge in [0, 0.05) is 0 Å². The van der Waals surface area contributed by atoms with E-state index in [2.05, 4.69) is 45.5 Å². The van der Waals surface area contributed by atoms with Gasteiger partial charge in [0.25, 0.3) is 0 Å². The van der Waals surface area contributed by atoms with Gasteiger partial charge < -0.3 is 5.11 Å². The van der Waals surface area contributed by atoms with Crippen LogP contribution in [0.1, 0.15) is 58.2 Å². The summed E-state index contributed by atoms with van der Waals surface area (Å²) in [5.74, 6) is 0.0185. The molecule has 0 aliphatic carbocycles. The minimum atomic E-state index is 0.0185. The second kappa shape index (κ2) is 10.4. The molecule has 0 unspecified atom stereocenters. The van der Waals surface area contributed by atoms with Crippen LogP contribution >= 0.6 is 0 Å². The van der Waals surface area contributed by atoms with Crippen LogP contribution in [0, 0.1) is 6.92 Å². The van der Waals surface area contributed by atoms with E-state index in [9.17, 15) is 9.90 Å². The molecule has 0 spiro atoms. The van der Waals surface area contributed by atoms with Crippen molar-refractivity contribution in [3.63, 3.8) is 0 Å². The van der Waals surface area contributed by atoms with E-state index in [1.165, 1.54) is 24.1 Å². The maximum Gasteiger partial charge on any atom is 0.152 e. The Hall–Kier alpha value is -1.41. The lowest BCUT2D eigenvalue weighted by atomic mass is 9.83. The lowest BCUT2D eigenvalue weighted by Gasteiger charge is -2.22. The average molecular weight is 278 g/mol. The molecule has 0 radical (unpaired) electrons. The van der Waals surface area contributed by atoms with E-state index in [4.69, 9.17) is 0 Å². The first-order chi connectivity index (χ1) is 9.22. The lowest BCUT2D eigenvalue weighted by molar-refractivity contribution is -0.112. The molecule has 1 rings (SSSR count). The third-order valence-electron chi connectivity index (χ3n) is 2.53. The summed E-state index contributed by atoms with van der Waals surface area (Å²) in [5, 5.41) is 9.21. The second-order valence-corrected chi connectivity index (χ2v) is 5.38. The highest BCUT2D eigenvalue weighted by molar-refractivity contribution is 5.86. The summed E-state index contributed by atoms with van der Waals surface area (Å²) in [7, 11) is 0. The number of aryl methyl sites for hydroxylation is 1. The van der Waals surface area contributed by atoms with Crippen molar-refractivity contribution in [3.05, 3.63) is 47.5 Å². The molecule has 0 saturated carbocycles. The Labute approximate surface area is 124 Å². The molecule has 1 aromatic carbocycles. The zero-order valence-electron chi connectivity index (χ0n) is 14.1. The average Bonchev–Trinajstić information content (AvgIpc) is 2.40. The van der Waals surface area contributed by atoms with E-state index in [-0.39, 0.29) is 17.8 Å². The SMILES string of the molecule is C=CC(C)=O.CC.Cc1ccc(C(C)(C)C)c(CO)c1. The monoisotopic (exact) mass is 278 g/mol. The van der Waals surface area contributed by atoms with Crippen LogP contribution in [0.5, 0.6) is 0 Å². The molecular formula is C18H30O2. The van der Waals surface area contributed by atoms with E-state index in [0.29, 0.717) is 0 Å². The van der Waals surface area contributed by atoms with Crippen LogP contribution in [0.4, 0.5) is 0 Å². The zero-order valence-corrected chi connectivity index (χ0v) is 14.1. The Morgan fingerprint density at radius 2 is 1.75 bits per heavy atom. The third-order valence-corrected chi connectivity index (χ3v) is 2.53. The topological polar surface area (TPSA) is 37.3 Å². The van der Waals surface area contributed by atoms with Crippen molar-refractivity contribution >= 4 is 5.78 Å². The summed E-state index contributed by atoms with van der Waals surface area (Å²) in [5.41, 5.74) is 3.61. The van der Waals surface area contributed by atoms with Gasteiger partial charge in [-0.2, -0.15) is 0 Å². The molecule has 0 aromatic heterocycles. The number of ketones is 1. The van der Waals surface area contributed by atoms with Crippen molar-refractivity contribution in [2.45, 2.75) is 60.5 Å². The largest absolute Gasteiger partial charge is 0.392 e. The molecule has 0 aliphatic heterocycles. The summed E-state index contributed by atoms with van der Waals surface area (Å²) in [6.07, 6.45) is 1.28. The Balaban J connectivity index is 0. The van der Waals surface area contributed by atoms with E-state index in [1.807, 2.05) is 20.8 Å². The highest BCUT2D eigenvalue weighted by Gasteiger charge is 2.16. The number of allylic oxidation sites excluding steroid dienone is 1. The standard InChI is InChI=1S/C12H18O.C4H6O.C2H6/c1-9-5-6-11(12(2,3)4)10(7-9)8-13;1-3-4(2)5;1-2/h5-7,13H,8H2,1-4H3;3H,1H2,2H3;1-2H3. The van der Waals surface area contributed by atoms with Gasteiger partial charge in [-0.15, -0.1) is 0 Å². The minimum Gasteiger partial charge on any atom is -0.392 e. The van der Waals surface area contributed by atoms with Crippen molar-refractivity contribution < 1.29 is 9.90 Å². The van der Waals surface area contributed by atoms with Gasteiger partial charge in [-0.05, 0) is 36.5 Å². The quantitative estimate of drug-likeness (QED) is 0.804. The summed E-state index contributed by atoms with van der Waals surface area (Å²) in [4.78, 5) is 9.69. The number of hydrogen-bond donors (Lipinski definition) is 1. The van der Waals surface area contributed by atoms with Crippen molar-refractivity contribution in [2.75, 3.05) is 0 Å². The van der Waals surface area contributed by atoms with Gasteiger partial charge in [-0.25, -0.2) is 0 Å². The van der Waals surface area contributed by atoms with E-state index < -0.39 is 0 Å². The maximum atomic E-state index is 9.69. The maximum absolute atomic E-state index is 9.69. The van der Waals surface area contributed by atoms with Gasteiger partial charge in [-0.1, -0.05) is 65.0 Å². The van der Waals surface area contributed by atoms with Crippen molar-refractivity contribution in [3.8, 4) is 0 Å². The first kappa shape index (κ1) is 20.9. The Kier molecular flexibility index (Phi) is 10.9. The minimum absolute atomic E-state index is 0.0185. The summed E-state index contributed by atoms with van der Waals surface area (Å²) >= 11 is 0. The number of carbonyl (C=O) groups is 1. The predicted octanol–water partition coefficient (Wildman–Crippen LogP) is 4.57. The lowest BCUT2D eigenvalue weighted by Crippen LogP contribution is -2.14. The zero-order chi connectivity index (χ0) is 16.3. The highest BCUT2D eigenvalue weighted by atomic mass is 16.3. The van der Waals surface area contributed by atoms with Crippen LogP contribution in [0.2, 0.25) is 0 Å².